The molecule has 0 aliphatic heterocycles. The molecule has 0 saturated carbocycles. The lowest BCUT2D eigenvalue weighted by atomic mass is 10.1. The minimum absolute atomic E-state index is 0.300. The van der Waals surface area contributed by atoms with Gasteiger partial charge < -0.3 is 10.2 Å². The van der Waals surface area contributed by atoms with Crippen LogP contribution in [0.3, 0.4) is 0 Å². The van der Waals surface area contributed by atoms with E-state index >= 15 is 0 Å². The summed E-state index contributed by atoms with van der Waals surface area (Å²) in [4.78, 5) is 28.3. The molecule has 0 saturated heterocycles. The molecule has 0 unspecified atom stereocenters. The van der Waals surface area contributed by atoms with Gasteiger partial charge in [0, 0.05) is 20.6 Å². The fourth-order valence-corrected chi connectivity index (χ4v) is 1.92. The topological polar surface area (TPSA) is 73.8 Å². The third-order valence-electron chi connectivity index (χ3n) is 2.81. The van der Waals surface area contributed by atoms with Crippen molar-refractivity contribution in [2.24, 2.45) is 4.99 Å². The van der Waals surface area contributed by atoms with Crippen LogP contribution in [-0.2, 0) is 0 Å². The number of nitrogens with one attached hydrogen (secondary N) is 2. The van der Waals surface area contributed by atoms with Gasteiger partial charge in [-0.1, -0.05) is 50.8 Å². The third-order valence-corrected chi connectivity index (χ3v) is 3.39. The Morgan fingerprint density at radius 2 is 1.71 bits per heavy atom. The first-order chi connectivity index (χ1) is 10.0. The molecular formula is C14H28N4O2S. The van der Waals surface area contributed by atoms with E-state index in [2.05, 4.69) is 22.5 Å². The van der Waals surface area contributed by atoms with Crippen molar-refractivity contribution >= 4 is 29.0 Å². The van der Waals surface area contributed by atoms with Crippen LogP contribution in [0.15, 0.2) is 4.99 Å². The molecule has 0 aliphatic carbocycles. The van der Waals surface area contributed by atoms with Gasteiger partial charge in [-0.2, -0.15) is 4.99 Å². The molecule has 0 aromatic heterocycles. The average Bonchev–Trinajstić information content (AvgIpc) is 2.45. The van der Waals surface area contributed by atoms with E-state index in [1.54, 1.807) is 20.4 Å². The molecule has 0 spiro atoms. The highest BCUT2D eigenvalue weighted by atomic mass is 32.2. The highest BCUT2D eigenvalue weighted by Crippen LogP contribution is 2.04. The van der Waals surface area contributed by atoms with Crippen molar-refractivity contribution in [2.75, 3.05) is 26.9 Å². The zero-order chi connectivity index (χ0) is 16.1. The molecule has 7 heteroatoms. The Labute approximate surface area is 132 Å². The van der Waals surface area contributed by atoms with E-state index < -0.39 is 6.03 Å². The lowest BCUT2D eigenvalue weighted by Gasteiger charge is -2.10. The second kappa shape index (κ2) is 12.5. The number of rotatable bonds is 7. The Bertz CT molecular complexity index is 346. The molecule has 0 rings (SSSR count). The molecule has 0 aromatic rings. The Kier molecular flexibility index (Phi) is 11.8. The zero-order valence-corrected chi connectivity index (χ0v) is 14.4. The molecule has 122 valence electrons. The fourth-order valence-electron chi connectivity index (χ4n) is 1.56. The molecule has 0 atom stereocenters. The van der Waals surface area contributed by atoms with E-state index in [4.69, 9.17) is 0 Å². The summed E-state index contributed by atoms with van der Waals surface area (Å²) < 4.78 is 0. The standard InChI is InChI=1S/C14H28N4O2S/c1-5-6-7-8-9-10-11-15-12(19)16-13(21-4)17-14(20)18(2)3/h5-11H2,1-4H3,(H2,15,16,17,19,20). The fraction of sp³-hybridized carbons (Fsp3) is 0.786. The molecule has 0 aliphatic rings. The highest BCUT2D eigenvalue weighted by molar-refractivity contribution is 8.13. The maximum Gasteiger partial charge on any atom is 0.345 e. The first-order valence-corrected chi connectivity index (χ1v) is 8.62. The van der Waals surface area contributed by atoms with Gasteiger partial charge in [0.1, 0.15) is 0 Å². The smallest absolute Gasteiger partial charge is 0.338 e. The largest absolute Gasteiger partial charge is 0.345 e. The number of hydrogen-bond acceptors (Lipinski definition) is 3. The van der Waals surface area contributed by atoms with E-state index in [1.165, 1.54) is 42.3 Å². The van der Waals surface area contributed by atoms with Gasteiger partial charge in [-0.25, -0.2) is 9.59 Å². The predicted molar refractivity (Wildman–Crippen MR) is 89.9 cm³/mol. The van der Waals surface area contributed by atoms with Crippen LogP contribution in [0.2, 0.25) is 0 Å². The van der Waals surface area contributed by atoms with Crippen molar-refractivity contribution in [3.8, 4) is 0 Å². The SMILES string of the molecule is CCCCCCCCNC(=O)NC(=NC(=O)N(C)C)SC. The molecule has 4 amide bonds. The number of hydrogen-bond donors (Lipinski definition) is 2. The number of amidine groups is 1. The van der Waals surface area contributed by atoms with Crippen LogP contribution in [0.1, 0.15) is 45.4 Å². The average molecular weight is 316 g/mol. The van der Waals surface area contributed by atoms with Crippen LogP contribution < -0.4 is 10.6 Å². The van der Waals surface area contributed by atoms with Gasteiger partial charge in [-0.15, -0.1) is 0 Å². The minimum Gasteiger partial charge on any atom is -0.338 e. The van der Waals surface area contributed by atoms with Gasteiger partial charge in [-0.05, 0) is 12.7 Å². The summed E-state index contributed by atoms with van der Waals surface area (Å²) in [5.74, 6) is 0. The quantitative estimate of drug-likeness (QED) is 0.431. The second-order valence-corrected chi connectivity index (χ2v) is 5.74. The van der Waals surface area contributed by atoms with Crippen LogP contribution in [0, 0.1) is 0 Å². The Balaban J connectivity index is 3.88. The first kappa shape index (κ1) is 19.8. The number of amides is 4. The second-order valence-electron chi connectivity index (χ2n) is 4.95. The van der Waals surface area contributed by atoms with E-state index in [1.807, 2.05) is 0 Å². The number of nitrogens with zero attached hydrogens (tertiary/aromatic N) is 2. The Morgan fingerprint density at radius 3 is 2.29 bits per heavy atom. The van der Waals surface area contributed by atoms with Crippen molar-refractivity contribution in [2.45, 2.75) is 45.4 Å². The molecule has 0 heterocycles. The summed E-state index contributed by atoms with van der Waals surface area (Å²) in [6.45, 7) is 2.83. The monoisotopic (exact) mass is 316 g/mol. The number of unbranched alkanes of at least 4 members (excludes halogenated alkanes) is 5. The van der Waals surface area contributed by atoms with Crippen molar-refractivity contribution in [1.82, 2.24) is 15.5 Å². The van der Waals surface area contributed by atoms with Gasteiger partial charge in [0.25, 0.3) is 0 Å². The van der Waals surface area contributed by atoms with Crippen LogP contribution in [0.4, 0.5) is 9.59 Å². The zero-order valence-electron chi connectivity index (χ0n) is 13.6. The van der Waals surface area contributed by atoms with Crippen LogP contribution in [-0.4, -0.2) is 49.0 Å². The normalized spacial score (nSPS) is 11.1. The van der Waals surface area contributed by atoms with E-state index in [-0.39, 0.29) is 6.03 Å². The highest BCUT2D eigenvalue weighted by Gasteiger charge is 2.08. The molecule has 2 N–H and O–H groups in total. The molecule has 0 radical (unpaired) electrons. The van der Waals surface area contributed by atoms with E-state index in [0.29, 0.717) is 11.7 Å². The number of thioether (sulfide) groups is 1. The number of carbonyl (C=O) groups is 2. The molecule has 0 fully saturated rings. The summed E-state index contributed by atoms with van der Waals surface area (Å²) in [5.41, 5.74) is 0. The minimum atomic E-state index is -0.393. The molecule has 6 nitrogen and oxygen atoms in total. The lowest BCUT2D eigenvalue weighted by Crippen LogP contribution is -2.39. The number of carbonyl (C=O) groups excluding carboxylic acids is 2. The van der Waals surface area contributed by atoms with E-state index in [9.17, 15) is 9.59 Å². The van der Waals surface area contributed by atoms with Crippen LogP contribution >= 0.6 is 11.8 Å². The molecule has 0 bridgehead atoms. The van der Waals surface area contributed by atoms with Gasteiger partial charge in [-0.3, -0.25) is 5.32 Å². The van der Waals surface area contributed by atoms with Crippen molar-refractivity contribution in [3.63, 3.8) is 0 Å². The summed E-state index contributed by atoms with van der Waals surface area (Å²) in [6.07, 6.45) is 8.85. The van der Waals surface area contributed by atoms with Gasteiger partial charge in [0.2, 0.25) is 0 Å². The van der Waals surface area contributed by atoms with Gasteiger partial charge in [0.05, 0.1) is 0 Å². The van der Waals surface area contributed by atoms with Crippen molar-refractivity contribution < 1.29 is 9.59 Å². The van der Waals surface area contributed by atoms with Crippen molar-refractivity contribution in [1.29, 1.82) is 0 Å². The summed E-state index contributed by atoms with van der Waals surface area (Å²) in [6, 6.07) is -0.709. The Hall–Kier alpha value is -1.24. The van der Waals surface area contributed by atoms with Gasteiger partial charge >= 0.3 is 12.1 Å². The molecule has 0 aromatic carbocycles. The van der Waals surface area contributed by atoms with Crippen LogP contribution in [0.5, 0.6) is 0 Å². The molecular weight excluding hydrogens is 288 g/mol. The summed E-state index contributed by atoms with van der Waals surface area (Å²) >= 11 is 1.23. The van der Waals surface area contributed by atoms with Crippen LogP contribution in [0.25, 0.3) is 0 Å². The first-order valence-electron chi connectivity index (χ1n) is 7.40. The van der Waals surface area contributed by atoms with E-state index in [0.717, 1.165) is 12.8 Å². The number of aliphatic imine (C=N–C) groups is 1. The van der Waals surface area contributed by atoms with Crippen molar-refractivity contribution in [3.05, 3.63) is 0 Å². The summed E-state index contributed by atoms with van der Waals surface area (Å²) in [5, 5.41) is 5.65. The number of urea groups is 2. The predicted octanol–water partition coefficient (Wildman–Crippen LogP) is 3.05. The Morgan fingerprint density at radius 1 is 1.10 bits per heavy atom. The lowest BCUT2D eigenvalue weighted by molar-refractivity contribution is 0.227. The van der Waals surface area contributed by atoms with Gasteiger partial charge in [0.15, 0.2) is 5.17 Å². The maximum absolute atomic E-state index is 11.7. The maximum atomic E-state index is 11.7. The third kappa shape index (κ3) is 11.1. The molecule has 21 heavy (non-hydrogen) atoms. The summed E-state index contributed by atoms with van der Waals surface area (Å²) in [7, 11) is 3.23.